The Morgan fingerprint density at radius 2 is 1.03 bits per heavy atom. The lowest BCUT2D eigenvalue weighted by molar-refractivity contribution is 0.0921. The van der Waals surface area contributed by atoms with Crippen LogP contribution in [-0.4, -0.2) is 12.4 Å². The first-order valence-corrected chi connectivity index (χ1v) is 9.52. The Morgan fingerprint density at radius 1 is 0.586 bits per heavy atom. The summed E-state index contributed by atoms with van der Waals surface area (Å²) in [6.45, 7) is 0.0183. The average Bonchev–Trinajstić information content (AvgIpc) is 2.80. The van der Waals surface area contributed by atoms with E-state index in [9.17, 15) is 4.79 Å². The van der Waals surface area contributed by atoms with Gasteiger partial charge < -0.3 is 9.64 Å². The fourth-order valence-electron chi connectivity index (χ4n) is 3.15. The van der Waals surface area contributed by atoms with Crippen molar-refractivity contribution in [3.63, 3.8) is 0 Å². The van der Waals surface area contributed by atoms with E-state index in [1.54, 1.807) is 0 Å². The lowest BCUT2D eigenvalue weighted by Gasteiger charge is -2.25. The average molecular weight is 379 g/mol. The maximum absolute atomic E-state index is 12.5. The molecule has 0 saturated carbocycles. The second-order valence-corrected chi connectivity index (χ2v) is 6.58. The van der Waals surface area contributed by atoms with E-state index in [-0.39, 0.29) is 12.4 Å². The largest absolute Gasteiger partial charge is 0.485 e. The number of benzene rings is 4. The summed E-state index contributed by atoms with van der Waals surface area (Å²) in [4.78, 5) is 14.7. The van der Waals surface area contributed by atoms with Crippen LogP contribution in [0.2, 0.25) is 0 Å². The van der Waals surface area contributed by atoms with Crippen molar-refractivity contribution >= 4 is 22.8 Å². The summed E-state index contributed by atoms with van der Waals surface area (Å²) in [6.07, 6.45) is 0. The third-order valence-corrected chi connectivity index (χ3v) is 4.59. The number of hydrogen-bond donors (Lipinski definition) is 0. The van der Waals surface area contributed by atoms with E-state index >= 15 is 0 Å². The van der Waals surface area contributed by atoms with E-state index in [4.69, 9.17) is 4.74 Å². The zero-order valence-corrected chi connectivity index (χ0v) is 15.9. The molecule has 0 unspecified atom stereocenters. The quantitative estimate of drug-likeness (QED) is 0.347. The van der Waals surface area contributed by atoms with Gasteiger partial charge in [-0.2, -0.15) is 0 Å². The van der Waals surface area contributed by atoms with Gasteiger partial charge in [-0.3, -0.25) is 4.79 Å². The van der Waals surface area contributed by atoms with Crippen LogP contribution in [0, 0.1) is 0 Å². The molecule has 0 heterocycles. The molecule has 142 valence electrons. The third kappa shape index (κ3) is 4.53. The number of carbonyl (C=O) groups is 1. The molecule has 4 aromatic carbocycles. The number of nitrogens with zero attached hydrogens (tertiary/aromatic N) is 1. The highest BCUT2D eigenvalue weighted by Gasteiger charge is 2.13. The highest BCUT2D eigenvalue weighted by atomic mass is 16.5. The number of anilines is 3. The van der Waals surface area contributed by atoms with Crippen LogP contribution in [0.5, 0.6) is 5.75 Å². The molecular formula is C26H21NO2. The molecule has 4 aromatic rings. The minimum absolute atomic E-state index is 0.0183. The van der Waals surface area contributed by atoms with Crippen molar-refractivity contribution in [3.05, 3.63) is 121 Å². The van der Waals surface area contributed by atoms with Crippen LogP contribution in [0.15, 0.2) is 115 Å². The Hall–Kier alpha value is -3.85. The predicted molar refractivity (Wildman–Crippen MR) is 117 cm³/mol. The first kappa shape index (κ1) is 18.5. The molecule has 0 radical (unpaired) electrons. The van der Waals surface area contributed by atoms with E-state index in [0.717, 1.165) is 17.1 Å². The monoisotopic (exact) mass is 379 g/mol. The first-order chi connectivity index (χ1) is 14.3. The molecule has 0 aliphatic rings. The molecule has 3 nitrogen and oxygen atoms in total. The smallest absolute Gasteiger partial charge is 0.200 e. The van der Waals surface area contributed by atoms with Gasteiger partial charge in [0.25, 0.3) is 0 Å². The first-order valence-electron chi connectivity index (χ1n) is 9.52. The Morgan fingerprint density at radius 3 is 1.55 bits per heavy atom. The van der Waals surface area contributed by atoms with Gasteiger partial charge in [-0.25, -0.2) is 0 Å². The number of carbonyl (C=O) groups excluding carboxylic acids is 1. The summed E-state index contributed by atoms with van der Waals surface area (Å²) >= 11 is 0. The number of ether oxygens (including phenoxy) is 1. The summed E-state index contributed by atoms with van der Waals surface area (Å²) in [5.41, 5.74) is 3.74. The molecule has 0 aliphatic heterocycles. The Labute approximate surface area is 170 Å². The highest BCUT2D eigenvalue weighted by Crippen LogP contribution is 2.34. The lowest BCUT2D eigenvalue weighted by Crippen LogP contribution is -2.13. The SMILES string of the molecule is O=C(COc1ccccc1)c1ccc(N(c2ccccc2)c2ccccc2)cc1. The van der Waals surface area contributed by atoms with Gasteiger partial charge in [0.1, 0.15) is 5.75 Å². The van der Waals surface area contributed by atoms with Crippen molar-refractivity contribution in [2.75, 3.05) is 11.5 Å². The minimum atomic E-state index is -0.0497. The van der Waals surface area contributed by atoms with Crippen LogP contribution in [0.1, 0.15) is 10.4 Å². The van der Waals surface area contributed by atoms with Gasteiger partial charge in [-0.15, -0.1) is 0 Å². The van der Waals surface area contributed by atoms with Gasteiger partial charge in [0.2, 0.25) is 0 Å². The molecule has 0 aliphatic carbocycles. The van der Waals surface area contributed by atoms with E-state index in [1.165, 1.54) is 0 Å². The van der Waals surface area contributed by atoms with Gasteiger partial charge in [0.05, 0.1) is 0 Å². The molecular weight excluding hydrogens is 358 g/mol. The zero-order chi connectivity index (χ0) is 19.9. The van der Waals surface area contributed by atoms with Crippen molar-refractivity contribution < 1.29 is 9.53 Å². The Kier molecular flexibility index (Phi) is 5.68. The predicted octanol–water partition coefficient (Wildman–Crippen LogP) is 6.42. The molecule has 0 aromatic heterocycles. The van der Waals surface area contributed by atoms with Gasteiger partial charge in [-0.1, -0.05) is 54.6 Å². The number of hydrogen-bond acceptors (Lipinski definition) is 3. The van der Waals surface area contributed by atoms with Crippen molar-refractivity contribution in [2.24, 2.45) is 0 Å². The van der Waals surface area contributed by atoms with Crippen LogP contribution in [0.25, 0.3) is 0 Å². The van der Waals surface area contributed by atoms with Gasteiger partial charge in [0.15, 0.2) is 12.4 Å². The molecule has 0 bridgehead atoms. The van der Waals surface area contributed by atoms with Crippen LogP contribution in [0.3, 0.4) is 0 Å². The molecule has 0 fully saturated rings. The fraction of sp³-hybridized carbons (Fsp3) is 0.0385. The van der Waals surface area contributed by atoms with Gasteiger partial charge in [0, 0.05) is 22.6 Å². The highest BCUT2D eigenvalue weighted by molar-refractivity contribution is 5.97. The van der Waals surface area contributed by atoms with Crippen molar-refractivity contribution in [1.29, 1.82) is 0 Å². The van der Waals surface area contributed by atoms with Gasteiger partial charge in [-0.05, 0) is 60.7 Å². The second-order valence-electron chi connectivity index (χ2n) is 6.58. The van der Waals surface area contributed by atoms with E-state index in [0.29, 0.717) is 11.3 Å². The van der Waals surface area contributed by atoms with Crippen LogP contribution in [0.4, 0.5) is 17.1 Å². The van der Waals surface area contributed by atoms with Crippen LogP contribution in [-0.2, 0) is 0 Å². The number of ketones is 1. The summed E-state index contributed by atoms with van der Waals surface area (Å²) in [6, 6.07) is 37.4. The van der Waals surface area contributed by atoms with Crippen molar-refractivity contribution in [3.8, 4) is 5.75 Å². The fourth-order valence-corrected chi connectivity index (χ4v) is 3.15. The molecule has 0 amide bonds. The molecule has 29 heavy (non-hydrogen) atoms. The molecule has 0 atom stereocenters. The zero-order valence-electron chi connectivity index (χ0n) is 15.9. The Balaban J connectivity index is 1.55. The van der Waals surface area contributed by atoms with E-state index in [1.807, 2.05) is 91.0 Å². The summed E-state index contributed by atoms with van der Waals surface area (Å²) in [5, 5.41) is 0. The number of rotatable bonds is 7. The standard InChI is InChI=1S/C26H21NO2/c28-26(20-29-25-14-8-3-9-15-25)21-16-18-24(19-17-21)27(22-10-4-1-5-11-22)23-12-6-2-7-13-23/h1-19H,20H2. The molecule has 0 saturated heterocycles. The number of Topliss-reactive ketones (excluding diaryl/α,β-unsaturated/α-hetero) is 1. The van der Waals surface area contributed by atoms with Crippen LogP contribution < -0.4 is 9.64 Å². The van der Waals surface area contributed by atoms with Crippen molar-refractivity contribution in [1.82, 2.24) is 0 Å². The summed E-state index contributed by atoms with van der Waals surface area (Å²) < 4.78 is 5.58. The molecule has 0 N–H and O–H groups in total. The molecule has 4 rings (SSSR count). The number of para-hydroxylation sites is 3. The third-order valence-electron chi connectivity index (χ3n) is 4.59. The van der Waals surface area contributed by atoms with Crippen molar-refractivity contribution in [2.45, 2.75) is 0 Å². The lowest BCUT2D eigenvalue weighted by atomic mass is 10.1. The topological polar surface area (TPSA) is 29.5 Å². The molecule has 0 spiro atoms. The molecule has 3 heteroatoms. The summed E-state index contributed by atoms with van der Waals surface area (Å²) in [7, 11) is 0. The Bertz CT molecular complexity index is 1010. The maximum atomic E-state index is 12.5. The van der Waals surface area contributed by atoms with E-state index in [2.05, 4.69) is 29.2 Å². The summed E-state index contributed by atoms with van der Waals surface area (Å²) in [5.74, 6) is 0.642. The van der Waals surface area contributed by atoms with Gasteiger partial charge >= 0.3 is 0 Å². The second kappa shape index (κ2) is 8.89. The van der Waals surface area contributed by atoms with E-state index < -0.39 is 0 Å². The maximum Gasteiger partial charge on any atom is 0.200 e. The normalized spacial score (nSPS) is 10.3. The van der Waals surface area contributed by atoms with Crippen LogP contribution >= 0.6 is 0 Å². The minimum Gasteiger partial charge on any atom is -0.485 e.